The van der Waals surface area contributed by atoms with Crippen molar-refractivity contribution < 1.29 is 14.3 Å². The largest absolute Gasteiger partial charge is 0.458 e. The lowest BCUT2D eigenvalue weighted by Gasteiger charge is -2.49. The topological polar surface area (TPSA) is 43.4 Å². The van der Waals surface area contributed by atoms with E-state index < -0.39 is 0 Å². The molecule has 0 radical (unpaired) electrons. The Balaban J connectivity index is 1.54. The summed E-state index contributed by atoms with van der Waals surface area (Å²) in [5.41, 5.74) is 0.649. The highest BCUT2D eigenvalue weighted by atomic mass is 16.5. The zero-order valence-electron chi connectivity index (χ0n) is 15.0. The van der Waals surface area contributed by atoms with E-state index in [4.69, 9.17) is 4.74 Å². The smallest absolute Gasteiger partial charge is 0.338 e. The molecule has 2 saturated carbocycles. The van der Waals surface area contributed by atoms with Crippen LogP contribution in [0.4, 0.5) is 0 Å². The fourth-order valence-electron chi connectivity index (χ4n) is 5.57. The molecule has 1 aromatic rings. The van der Waals surface area contributed by atoms with Crippen LogP contribution < -0.4 is 0 Å². The van der Waals surface area contributed by atoms with Gasteiger partial charge in [-0.05, 0) is 61.6 Å². The van der Waals surface area contributed by atoms with E-state index in [9.17, 15) is 9.59 Å². The number of carbonyl (C=O) groups excluding carboxylic acids is 2. The average molecular weight is 338 g/mol. The first kappa shape index (κ1) is 16.6. The fraction of sp³-hybridized carbons (Fsp3) is 0.545. The Kier molecular flexibility index (Phi) is 4.05. The quantitative estimate of drug-likeness (QED) is 0.749. The van der Waals surface area contributed by atoms with Crippen LogP contribution in [0.15, 0.2) is 42.5 Å². The van der Waals surface area contributed by atoms with Crippen molar-refractivity contribution in [2.75, 3.05) is 0 Å². The van der Waals surface area contributed by atoms with Crippen LogP contribution in [0.5, 0.6) is 0 Å². The van der Waals surface area contributed by atoms with Gasteiger partial charge in [-0.2, -0.15) is 0 Å². The number of allylic oxidation sites excluding steroid dienone is 2. The molecule has 0 spiro atoms. The monoisotopic (exact) mass is 338 g/mol. The Morgan fingerprint density at radius 1 is 1.16 bits per heavy atom. The molecule has 0 amide bonds. The van der Waals surface area contributed by atoms with E-state index in [1.165, 1.54) is 0 Å². The number of ether oxygens (including phenoxy) is 1. The predicted molar refractivity (Wildman–Crippen MR) is 96.0 cm³/mol. The van der Waals surface area contributed by atoms with Gasteiger partial charge in [-0.25, -0.2) is 4.79 Å². The molecule has 4 rings (SSSR count). The van der Waals surface area contributed by atoms with Gasteiger partial charge in [0.25, 0.3) is 0 Å². The first-order valence-corrected chi connectivity index (χ1v) is 9.49. The van der Waals surface area contributed by atoms with Crippen LogP contribution in [0.2, 0.25) is 0 Å². The Morgan fingerprint density at radius 3 is 2.68 bits per heavy atom. The van der Waals surface area contributed by atoms with Crippen molar-refractivity contribution in [2.24, 2.45) is 29.1 Å². The summed E-state index contributed by atoms with van der Waals surface area (Å²) >= 11 is 0. The summed E-state index contributed by atoms with van der Waals surface area (Å²) in [5.74, 6) is 1.61. The fourth-order valence-corrected chi connectivity index (χ4v) is 5.57. The molecule has 1 aromatic carbocycles. The Hall–Kier alpha value is -1.90. The molecule has 0 heterocycles. The molecular formula is C22H26O3. The maximum Gasteiger partial charge on any atom is 0.338 e. The highest BCUT2D eigenvalue weighted by Gasteiger charge is 2.56. The molecule has 0 unspecified atom stereocenters. The van der Waals surface area contributed by atoms with Crippen LogP contribution in [0.1, 0.15) is 49.9 Å². The van der Waals surface area contributed by atoms with Crippen LogP contribution in [0.25, 0.3) is 0 Å². The van der Waals surface area contributed by atoms with E-state index >= 15 is 0 Å². The molecule has 3 heteroatoms. The molecule has 3 nitrogen and oxygen atoms in total. The van der Waals surface area contributed by atoms with Gasteiger partial charge in [0.15, 0.2) is 5.78 Å². The van der Waals surface area contributed by atoms with Gasteiger partial charge >= 0.3 is 5.97 Å². The third-order valence-electron chi connectivity index (χ3n) is 7.13. The summed E-state index contributed by atoms with van der Waals surface area (Å²) in [6, 6.07) is 9.26. The highest BCUT2D eigenvalue weighted by Crippen LogP contribution is 2.59. The second-order valence-corrected chi connectivity index (χ2v) is 8.28. The second-order valence-electron chi connectivity index (χ2n) is 8.28. The highest BCUT2D eigenvalue weighted by molar-refractivity contribution is 5.92. The number of hydrogen-bond acceptors (Lipinski definition) is 3. The number of benzene rings is 1. The number of ketones is 1. The van der Waals surface area contributed by atoms with Crippen LogP contribution >= 0.6 is 0 Å². The normalized spacial score (nSPS) is 39.6. The zero-order valence-corrected chi connectivity index (χ0v) is 15.0. The van der Waals surface area contributed by atoms with Gasteiger partial charge in [0.2, 0.25) is 0 Å². The van der Waals surface area contributed by atoms with Gasteiger partial charge in [-0.1, -0.05) is 38.1 Å². The maximum absolute atomic E-state index is 12.5. The molecule has 132 valence electrons. The van der Waals surface area contributed by atoms with E-state index in [-0.39, 0.29) is 29.2 Å². The summed E-state index contributed by atoms with van der Waals surface area (Å²) in [7, 11) is 0. The van der Waals surface area contributed by atoms with E-state index in [0.717, 1.165) is 25.7 Å². The summed E-state index contributed by atoms with van der Waals surface area (Å²) in [6.07, 6.45) is 8.02. The number of hydrogen-bond donors (Lipinski definition) is 0. The van der Waals surface area contributed by atoms with Crippen LogP contribution in [0.3, 0.4) is 0 Å². The SMILES string of the molecule is C[C@@H]1C(=O)C=C[C@@H]2[C@@H]1CC[C@@]1(C)[C@@H](OC(=O)c3ccccc3)CC[C@H]21. The number of esters is 1. The minimum atomic E-state index is -0.211. The molecule has 0 bridgehead atoms. The van der Waals surface area contributed by atoms with E-state index in [1.54, 1.807) is 6.08 Å². The van der Waals surface area contributed by atoms with E-state index in [0.29, 0.717) is 23.3 Å². The Bertz CT molecular complexity index is 707. The van der Waals surface area contributed by atoms with Crippen molar-refractivity contribution in [2.45, 2.75) is 45.6 Å². The van der Waals surface area contributed by atoms with Crippen LogP contribution in [-0.4, -0.2) is 17.9 Å². The second kappa shape index (κ2) is 6.12. The minimum absolute atomic E-state index is 0.0208. The molecule has 3 aliphatic carbocycles. The first-order valence-electron chi connectivity index (χ1n) is 9.49. The summed E-state index contributed by atoms with van der Waals surface area (Å²) in [6.45, 7) is 4.37. The van der Waals surface area contributed by atoms with Gasteiger partial charge in [0.05, 0.1) is 5.56 Å². The lowest BCUT2D eigenvalue weighted by molar-refractivity contribution is -0.123. The molecule has 2 fully saturated rings. The standard InChI is InChI=1S/C22H26O3/c1-14-16-12-13-22(2)18(17(16)8-10-19(14)23)9-11-20(22)25-21(24)15-6-4-3-5-7-15/h3-8,10,14,16-18,20H,9,11-13H2,1-2H3/t14-,16+,17+,18+,20-,22+/m0/s1. The lowest BCUT2D eigenvalue weighted by Crippen LogP contribution is -2.47. The average Bonchev–Trinajstić information content (AvgIpc) is 2.95. The number of carbonyl (C=O) groups is 2. The van der Waals surface area contributed by atoms with Crippen molar-refractivity contribution in [3.63, 3.8) is 0 Å². The molecule has 0 aromatic heterocycles. The van der Waals surface area contributed by atoms with Crippen LogP contribution in [-0.2, 0) is 9.53 Å². The third kappa shape index (κ3) is 2.65. The minimum Gasteiger partial charge on any atom is -0.458 e. The maximum atomic E-state index is 12.5. The van der Waals surface area contributed by atoms with Gasteiger partial charge < -0.3 is 4.74 Å². The number of rotatable bonds is 2. The van der Waals surface area contributed by atoms with Gasteiger partial charge in [-0.15, -0.1) is 0 Å². The van der Waals surface area contributed by atoms with E-state index in [1.807, 2.05) is 30.3 Å². The van der Waals surface area contributed by atoms with Crippen molar-refractivity contribution in [1.29, 1.82) is 0 Å². The van der Waals surface area contributed by atoms with Crippen molar-refractivity contribution in [3.8, 4) is 0 Å². The molecule has 6 atom stereocenters. The molecule has 0 aliphatic heterocycles. The van der Waals surface area contributed by atoms with Gasteiger partial charge in [0.1, 0.15) is 6.10 Å². The van der Waals surface area contributed by atoms with Gasteiger partial charge in [0, 0.05) is 11.3 Å². The zero-order chi connectivity index (χ0) is 17.6. The molecule has 3 aliphatic rings. The molecular weight excluding hydrogens is 312 g/mol. The van der Waals surface area contributed by atoms with Crippen molar-refractivity contribution in [1.82, 2.24) is 0 Å². The summed E-state index contributed by atoms with van der Waals surface area (Å²) in [5, 5.41) is 0. The van der Waals surface area contributed by atoms with Crippen molar-refractivity contribution >= 4 is 11.8 Å². The van der Waals surface area contributed by atoms with Crippen molar-refractivity contribution in [3.05, 3.63) is 48.0 Å². The predicted octanol–water partition coefficient (Wildman–Crippen LogP) is 4.43. The molecule has 25 heavy (non-hydrogen) atoms. The summed E-state index contributed by atoms with van der Waals surface area (Å²) < 4.78 is 5.97. The molecule has 0 saturated heterocycles. The first-order chi connectivity index (χ1) is 12.0. The third-order valence-corrected chi connectivity index (χ3v) is 7.13. The van der Waals surface area contributed by atoms with Gasteiger partial charge in [-0.3, -0.25) is 4.79 Å². The van der Waals surface area contributed by atoms with Crippen LogP contribution in [0, 0.1) is 29.1 Å². The van der Waals surface area contributed by atoms with E-state index in [2.05, 4.69) is 19.9 Å². The summed E-state index contributed by atoms with van der Waals surface area (Å²) in [4.78, 5) is 24.5. The number of fused-ring (bicyclic) bond motifs is 3. The molecule has 0 N–H and O–H groups in total. The lowest BCUT2D eigenvalue weighted by atomic mass is 9.56. The Morgan fingerprint density at radius 2 is 1.92 bits per heavy atom. The Labute approximate surface area is 149 Å².